The molecule has 1 nitrogen and oxygen atoms in total. The lowest BCUT2D eigenvalue weighted by atomic mass is 9.82. The van der Waals surface area contributed by atoms with E-state index in [9.17, 15) is 0 Å². The van der Waals surface area contributed by atoms with Crippen molar-refractivity contribution in [3.05, 3.63) is 144 Å². The van der Waals surface area contributed by atoms with Gasteiger partial charge in [-0.2, -0.15) is 0 Å². The molecular weight excluding hydrogens is 386 g/mol. The molecular formula is C31H32N+. The van der Waals surface area contributed by atoms with Crippen molar-refractivity contribution in [2.75, 3.05) is 6.54 Å². The van der Waals surface area contributed by atoms with Crippen molar-refractivity contribution in [2.45, 2.75) is 37.9 Å². The summed E-state index contributed by atoms with van der Waals surface area (Å²) < 4.78 is 1.11. The molecule has 1 aliphatic rings. The molecule has 160 valence electrons. The fourth-order valence-electron chi connectivity index (χ4n) is 5.84. The molecule has 1 aliphatic heterocycles. The first kappa shape index (κ1) is 20.7. The van der Waals surface area contributed by atoms with Gasteiger partial charge in [-0.1, -0.05) is 121 Å². The molecule has 1 heteroatoms. The molecule has 4 aromatic carbocycles. The van der Waals surface area contributed by atoms with E-state index in [0.717, 1.165) is 17.6 Å². The maximum atomic E-state index is 2.33. The summed E-state index contributed by atoms with van der Waals surface area (Å²) in [4.78, 5) is 0. The van der Waals surface area contributed by atoms with Crippen molar-refractivity contribution in [1.82, 2.24) is 0 Å². The lowest BCUT2D eigenvalue weighted by Gasteiger charge is -2.44. The van der Waals surface area contributed by atoms with E-state index in [-0.39, 0.29) is 0 Å². The largest absolute Gasteiger partial charge is 0.313 e. The molecule has 0 spiro atoms. The third-order valence-corrected chi connectivity index (χ3v) is 7.19. The van der Waals surface area contributed by atoms with Crippen molar-refractivity contribution in [2.24, 2.45) is 0 Å². The van der Waals surface area contributed by atoms with Gasteiger partial charge < -0.3 is 4.48 Å². The molecule has 0 radical (unpaired) electrons. The first-order valence-electron chi connectivity index (χ1n) is 11.9. The zero-order chi connectivity index (χ0) is 21.6. The highest BCUT2D eigenvalue weighted by Gasteiger charge is 2.47. The first-order chi connectivity index (χ1) is 15.8. The predicted molar refractivity (Wildman–Crippen MR) is 133 cm³/mol. The topological polar surface area (TPSA) is 0 Å². The van der Waals surface area contributed by atoms with E-state index in [4.69, 9.17) is 0 Å². The maximum Gasteiger partial charge on any atom is 0.105 e. The monoisotopic (exact) mass is 418 g/mol. The highest BCUT2D eigenvalue weighted by molar-refractivity contribution is 5.34. The van der Waals surface area contributed by atoms with Crippen molar-refractivity contribution < 1.29 is 4.48 Å². The first-order valence-corrected chi connectivity index (χ1v) is 11.9. The Morgan fingerprint density at radius 1 is 0.562 bits per heavy atom. The van der Waals surface area contributed by atoms with E-state index in [0.29, 0.717) is 12.0 Å². The highest BCUT2D eigenvalue weighted by Crippen LogP contribution is 2.43. The lowest BCUT2D eigenvalue weighted by molar-refractivity contribution is -0.965. The van der Waals surface area contributed by atoms with Crippen LogP contribution in [-0.4, -0.2) is 17.1 Å². The van der Waals surface area contributed by atoms with Crippen LogP contribution in [0.25, 0.3) is 0 Å². The molecule has 0 bridgehead atoms. The van der Waals surface area contributed by atoms with Crippen LogP contribution >= 0.6 is 0 Å². The Hall–Kier alpha value is -3.16. The Bertz CT molecular complexity index is 1010. The second-order valence-electron chi connectivity index (χ2n) is 9.24. The fourth-order valence-corrected chi connectivity index (χ4v) is 5.84. The molecule has 1 saturated heterocycles. The average Bonchev–Trinajstić information content (AvgIpc) is 3.24. The number of hydrogen-bond donors (Lipinski definition) is 0. The number of hydrogen-bond acceptors (Lipinski definition) is 0. The van der Waals surface area contributed by atoms with E-state index in [1.807, 2.05) is 0 Å². The third kappa shape index (κ3) is 4.40. The van der Waals surface area contributed by atoms with Gasteiger partial charge in [0, 0.05) is 24.0 Å². The Kier molecular flexibility index (Phi) is 6.18. The van der Waals surface area contributed by atoms with Gasteiger partial charge in [-0.3, -0.25) is 0 Å². The van der Waals surface area contributed by atoms with E-state index in [2.05, 4.69) is 121 Å². The Morgan fingerprint density at radius 2 is 0.969 bits per heavy atom. The molecule has 0 unspecified atom stereocenters. The number of likely N-dealkylation sites (tertiary alicyclic amines) is 1. The van der Waals surface area contributed by atoms with E-state index in [1.165, 1.54) is 41.6 Å². The SMILES string of the molecule is c1ccc(C[N+]2(Cc3ccccc3)CCC[C@H]2C(c2ccccc2)c2ccccc2)cc1. The molecule has 1 heterocycles. The predicted octanol–water partition coefficient (Wildman–Crippen LogP) is 7.20. The van der Waals surface area contributed by atoms with Crippen molar-refractivity contribution in [3.63, 3.8) is 0 Å². The summed E-state index contributed by atoms with van der Waals surface area (Å²) in [6, 6.07) is 45.1. The molecule has 0 N–H and O–H groups in total. The summed E-state index contributed by atoms with van der Waals surface area (Å²) >= 11 is 0. The molecule has 1 atom stereocenters. The number of nitrogens with zero attached hydrogens (tertiary/aromatic N) is 1. The van der Waals surface area contributed by atoms with E-state index in [1.54, 1.807) is 0 Å². The number of rotatable bonds is 7. The summed E-state index contributed by atoms with van der Waals surface area (Å²) in [5, 5.41) is 0. The molecule has 32 heavy (non-hydrogen) atoms. The smallest absolute Gasteiger partial charge is 0.105 e. The summed E-state index contributed by atoms with van der Waals surface area (Å²) in [6.45, 7) is 3.39. The summed E-state index contributed by atoms with van der Waals surface area (Å²) in [6.07, 6.45) is 2.54. The third-order valence-electron chi connectivity index (χ3n) is 7.19. The second-order valence-corrected chi connectivity index (χ2v) is 9.24. The van der Waals surface area contributed by atoms with Gasteiger partial charge in [0.1, 0.15) is 19.1 Å². The fraction of sp³-hybridized carbons (Fsp3) is 0.226. The summed E-state index contributed by atoms with van der Waals surface area (Å²) in [5.74, 6) is 0.396. The summed E-state index contributed by atoms with van der Waals surface area (Å²) in [5.41, 5.74) is 5.76. The minimum atomic E-state index is 0.396. The molecule has 5 rings (SSSR count). The zero-order valence-corrected chi connectivity index (χ0v) is 18.7. The van der Waals surface area contributed by atoms with Crippen LogP contribution in [-0.2, 0) is 13.1 Å². The van der Waals surface area contributed by atoms with Gasteiger partial charge in [-0.25, -0.2) is 0 Å². The minimum absolute atomic E-state index is 0.396. The van der Waals surface area contributed by atoms with Crippen LogP contribution < -0.4 is 0 Å². The van der Waals surface area contributed by atoms with Gasteiger partial charge in [-0.15, -0.1) is 0 Å². The molecule has 0 aromatic heterocycles. The molecule has 1 fully saturated rings. The molecule has 4 aromatic rings. The van der Waals surface area contributed by atoms with E-state index < -0.39 is 0 Å². The number of quaternary nitrogens is 1. The Balaban J connectivity index is 1.61. The van der Waals surface area contributed by atoms with E-state index >= 15 is 0 Å². The van der Waals surface area contributed by atoms with Crippen molar-refractivity contribution in [1.29, 1.82) is 0 Å². The maximum absolute atomic E-state index is 2.33. The van der Waals surface area contributed by atoms with Crippen LogP contribution in [0.5, 0.6) is 0 Å². The molecule has 0 amide bonds. The van der Waals surface area contributed by atoms with Crippen molar-refractivity contribution in [3.8, 4) is 0 Å². The van der Waals surface area contributed by atoms with Crippen LogP contribution in [0.1, 0.15) is 41.0 Å². The lowest BCUT2D eigenvalue weighted by Crippen LogP contribution is -2.52. The van der Waals surface area contributed by atoms with Gasteiger partial charge in [0.2, 0.25) is 0 Å². The van der Waals surface area contributed by atoms with Gasteiger partial charge in [-0.05, 0) is 11.1 Å². The van der Waals surface area contributed by atoms with Crippen LogP contribution in [0, 0.1) is 0 Å². The Labute approximate surface area is 192 Å². The quantitative estimate of drug-likeness (QED) is 0.278. The zero-order valence-electron chi connectivity index (χ0n) is 18.7. The summed E-state index contributed by atoms with van der Waals surface area (Å²) in [7, 11) is 0. The second kappa shape index (κ2) is 9.54. The van der Waals surface area contributed by atoms with Gasteiger partial charge in [0.15, 0.2) is 0 Å². The van der Waals surface area contributed by atoms with Crippen LogP contribution in [0.2, 0.25) is 0 Å². The van der Waals surface area contributed by atoms with Crippen molar-refractivity contribution >= 4 is 0 Å². The normalized spacial score (nSPS) is 17.5. The van der Waals surface area contributed by atoms with Crippen LogP contribution in [0.4, 0.5) is 0 Å². The van der Waals surface area contributed by atoms with Gasteiger partial charge in [0.05, 0.1) is 12.5 Å². The molecule has 0 saturated carbocycles. The minimum Gasteiger partial charge on any atom is -0.313 e. The highest BCUT2D eigenvalue weighted by atomic mass is 15.4. The number of benzene rings is 4. The standard InChI is InChI=1S/C31H32N/c1-5-14-26(15-6-1)24-32(25-27-16-7-2-8-17-27)23-13-22-30(32)31(28-18-9-3-10-19-28)29-20-11-4-12-21-29/h1-12,14-21,30-31H,13,22-25H2/q+1/t30-/m0/s1. The average molecular weight is 419 g/mol. The van der Waals surface area contributed by atoms with Crippen LogP contribution in [0.3, 0.4) is 0 Å². The van der Waals surface area contributed by atoms with Gasteiger partial charge in [0.25, 0.3) is 0 Å². The molecule has 0 aliphatic carbocycles. The Morgan fingerprint density at radius 3 is 1.41 bits per heavy atom. The van der Waals surface area contributed by atoms with Crippen LogP contribution in [0.15, 0.2) is 121 Å². The van der Waals surface area contributed by atoms with Gasteiger partial charge >= 0.3 is 0 Å².